The lowest BCUT2D eigenvalue weighted by molar-refractivity contribution is -0.385. The first-order chi connectivity index (χ1) is 12.9. The molecule has 0 aliphatic heterocycles. The Morgan fingerprint density at radius 1 is 1.15 bits per heavy atom. The zero-order valence-corrected chi connectivity index (χ0v) is 15.9. The van der Waals surface area contributed by atoms with Crippen molar-refractivity contribution in [1.29, 1.82) is 0 Å². The van der Waals surface area contributed by atoms with Gasteiger partial charge in [-0.3, -0.25) is 15.1 Å². The van der Waals surface area contributed by atoms with Gasteiger partial charge in [-0.15, -0.1) is 0 Å². The Morgan fingerprint density at radius 2 is 1.85 bits per heavy atom. The van der Waals surface area contributed by atoms with Gasteiger partial charge < -0.3 is 9.84 Å². The van der Waals surface area contributed by atoms with E-state index in [9.17, 15) is 15.2 Å². The lowest BCUT2D eigenvalue weighted by Crippen LogP contribution is -1.92. The van der Waals surface area contributed by atoms with Crippen LogP contribution < -0.4 is 4.74 Å². The van der Waals surface area contributed by atoms with Crippen molar-refractivity contribution in [2.75, 3.05) is 0 Å². The number of hydrogen-bond acceptors (Lipinski definition) is 5. The van der Waals surface area contributed by atoms with E-state index in [1.165, 1.54) is 12.3 Å². The average Bonchev–Trinajstić information content (AvgIpc) is 2.65. The maximum Gasteiger partial charge on any atom is 0.312 e. The highest BCUT2D eigenvalue weighted by Crippen LogP contribution is 2.33. The molecule has 0 saturated carbocycles. The van der Waals surface area contributed by atoms with Crippen molar-refractivity contribution in [2.45, 2.75) is 6.92 Å². The molecule has 0 saturated heterocycles. The Balaban J connectivity index is 1.79. The zero-order valence-electron chi connectivity index (χ0n) is 14.3. The van der Waals surface area contributed by atoms with E-state index >= 15 is 0 Å². The van der Waals surface area contributed by atoms with Crippen molar-refractivity contribution in [3.8, 4) is 17.2 Å². The Bertz CT molecular complexity index is 1020. The largest absolute Gasteiger partial charge is 0.502 e. The van der Waals surface area contributed by atoms with E-state index in [0.717, 1.165) is 11.3 Å². The van der Waals surface area contributed by atoms with Crippen LogP contribution in [0, 0.1) is 17.0 Å². The smallest absolute Gasteiger partial charge is 0.312 e. The molecule has 0 aliphatic rings. The molecule has 0 unspecified atom stereocenters. The third-order valence-corrected chi connectivity index (χ3v) is 4.25. The first-order valence-electron chi connectivity index (χ1n) is 7.98. The van der Waals surface area contributed by atoms with Gasteiger partial charge in [0, 0.05) is 22.3 Å². The second kappa shape index (κ2) is 8.01. The molecule has 1 N–H and O–H groups in total. The highest BCUT2D eigenvalue weighted by atomic mass is 79.9. The van der Waals surface area contributed by atoms with Crippen LogP contribution in [0.5, 0.6) is 17.2 Å². The second-order valence-corrected chi connectivity index (χ2v) is 6.66. The molecule has 27 heavy (non-hydrogen) atoms. The van der Waals surface area contributed by atoms with Gasteiger partial charge in [0.1, 0.15) is 11.5 Å². The number of aromatic hydroxyl groups is 1. The minimum Gasteiger partial charge on any atom is -0.502 e. The minimum atomic E-state index is -0.644. The molecule has 3 rings (SSSR count). The third kappa shape index (κ3) is 4.51. The van der Waals surface area contributed by atoms with Gasteiger partial charge in [0.25, 0.3) is 0 Å². The van der Waals surface area contributed by atoms with Crippen molar-refractivity contribution >= 4 is 33.5 Å². The van der Waals surface area contributed by atoms with Crippen LogP contribution in [-0.4, -0.2) is 16.2 Å². The molecule has 0 heterocycles. The molecule has 6 nitrogen and oxygen atoms in total. The van der Waals surface area contributed by atoms with Crippen LogP contribution >= 0.6 is 15.9 Å². The molecule has 7 heteroatoms. The van der Waals surface area contributed by atoms with Crippen LogP contribution in [0.1, 0.15) is 11.1 Å². The van der Waals surface area contributed by atoms with Crippen molar-refractivity contribution < 1.29 is 14.8 Å². The number of nitrogens with zero attached hydrogens (tertiary/aromatic N) is 2. The molecule has 0 aliphatic carbocycles. The van der Waals surface area contributed by atoms with Crippen LogP contribution in [0.25, 0.3) is 0 Å². The van der Waals surface area contributed by atoms with Gasteiger partial charge in [0.2, 0.25) is 5.75 Å². The zero-order chi connectivity index (χ0) is 19.4. The maximum atomic E-state index is 11.0. The number of benzene rings is 3. The SMILES string of the molecule is Cc1ccccc1Oc1ccc(N=Cc2cc(Br)cc([N+](=O)[O-])c2O)cc1. The quantitative estimate of drug-likeness (QED) is 0.312. The summed E-state index contributed by atoms with van der Waals surface area (Å²) in [6.45, 7) is 1.97. The molecule has 3 aromatic rings. The van der Waals surface area contributed by atoms with Crippen LogP contribution in [0.3, 0.4) is 0 Å². The van der Waals surface area contributed by atoms with Crippen molar-refractivity contribution in [3.63, 3.8) is 0 Å². The summed E-state index contributed by atoms with van der Waals surface area (Å²) in [5, 5.41) is 21.0. The molecular weight excluding hydrogens is 412 g/mol. The van der Waals surface area contributed by atoms with Crippen molar-refractivity contribution in [1.82, 2.24) is 0 Å². The van der Waals surface area contributed by atoms with Crippen LogP contribution in [0.2, 0.25) is 0 Å². The number of aryl methyl sites for hydroxylation is 1. The highest BCUT2D eigenvalue weighted by Gasteiger charge is 2.17. The van der Waals surface area contributed by atoms with Crippen molar-refractivity contribution in [2.24, 2.45) is 4.99 Å². The Kier molecular flexibility index (Phi) is 5.52. The first kappa shape index (κ1) is 18.6. The molecule has 0 radical (unpaired) electrons. The second-order valence-electron chi connectivity index (χ2n) is 5.74. The molecule has 3 aromatic carbocycles. The maximum absolute atomic E-state index is 11.0. The monoisotopic (exact) mass is 426 g/mol. The first-order valence-corrected chi connectivity index (χ1v) is 8.78. The Morgan fingerprint density at radius 3 is 2.52 bits per heavy atom. The summed E-state index contributed by atoms with van der Waals surface area (Å²) in [6, 6.07) is 17.6. The number of phenolic OH excluding ortho intramolecular Hbond substituents is 1. The molecule has 0 atom stereocenters. The standard InChI is InChI=1S/C20H15BrN2O4/c1-13-4-2-3-5-19(13)27-17-8-6-16(7-9-17)22-12-14-10-15(21)11-18(20(14)24)23(25)26/h2-12,24H,1H3. The number of phenols is 1. The number of para-hydroxylation sites is 1. The fourth-order valence-corrected chi connectivity index (χ4v) is 2.85. The summed E-state index contributed by atoms with van der Waals surface area (Å²) in [4.78, 5) is 14.6. The van der Waals surface area contributed by atoms with Gasteiger partial charge in [-0.25, -0.2) is 0 Å². The number of halogens is 1. The molecular formula is C20H15BrN2O4. The number of hydrogen-bond donors (Lipinski definition) is 1. The van der Waals surface area contributed by atoms with E-state index in [-0.39, 0.29) is 11.3 Å². The van der Waals surface area contributed by atoms with Gasteiger partial charge in [0.05, 0.1) is 10.6 Å². The molecule has 0 amide bonds. The number of aliphatic imine (C=N–C) groups is 1. The molecule has 0 bridgehead atoms. The number of nitro groups is 1. The van der Waals surface area contributed by atoms with E-state index in [2.05, 4.69) is 20.9 Å². The fourth-order valence-electron chi connectivity index (χ4n) is 2.39. The lowest BCUT2D eigenvalue weighted by Gasteiger charge is -2.08. The van der Waals surface area contributed by atoms with Gasteiger partial charge in [-0.2, -0.15) is 0 Å². The van der Waals surface area contributed by atoms with E-state index < -0.39 is 10.7 Å². The summed E-state index contributed by atoms with van der Waals surface area (Å²) in [6.07, 6.45) is 1.38. The average molecular weight is 427 g/mol. The van der Waals surface area contributed by atoms with E-state index in [1.807, 2.05) is 31.2 Å². The molecule has 136 valence electrons. The lowest BCUT2D eigenvalue weighted by atomic mass is 10.2. The molecule has 0 fully saturated rings. The van der Waals surface area contributed by atoms with Crippen LogP contribution in [-0.2, 0) is 0 Å². The highest BCUT2D eigenvalue weighted by molar-refractivity contribution is 9.10. The molecule has 0 spiro atoms. The summed E-state index contributed by atoms with van der Waals surface area (Å²) in [5.41, 5.74) is 1.52. The van der Waals surface area contributed by atoms with E-state index in [0.29, 0.717) is 15.9 Å². The van der Waals surface area contributed by atoms with Gasteiger partial charge in [-0.1, -0.05) is 34.1 Å². The summed E-state index contributed by atoms with van der Waals surface area (Å²) >= 11 is 3.19. The third-order valence-electron chi connectivity index (χ3n) is 3.79. The Labute approximate surface area is 164 Å². The molecule has 0 aromatic heterocycles. The van der Waals surface area contributed by atoms with Gasteiger partial charge in [-0.05, 0) is 48.9 Å². The summed E-state index contributed by atoms with van der Waals surface area (Å²) in [5.74, 6) is 1.02. The fraction of sp³-hybridized carbons (Fsp3) is 0.0500. The van der Waals surface area contributed by atoms with E-state index in [1.54, 1.807) is 30.3 Å². The normalized spacial score (nSPS) is 10.9. The van der Waals surface area contributed by atoms with Crippen LogP contribution in [0.4, 0.5) is 11.4 Å². The number of ether oxygens (including phenoxy) is 1. The Hall–Kier alpha value is -3.19. The van der Waals surface area contributed by atoms with Gasteiger partial charge >= 0.3 is 5.69 Å². The topological polar surface area (TPSA) is 85.0 Å². The van der Waals surface area contributed by atoms with Gasteiger partial charge in [0.15, 0.2) is 0 Å². The number of rotatable bonds is 5. The van der Waals surface area contributed by atoms with Crippen LogP contribution in [0.15, 0.2) is 70.1 Å². The minimum absolute atomic E-state index is 0.247. The van der Waals surface area contributed by atoms with E-state index in [4.69, 9.17) is 4.74 Å². The van der Waals surface area contributed by atoms with Crippen molar-refractivity contribution in [3.05, 3.63) is 86.4 Å². The summed E-state index contributed by atoms with van der Waals surface area (Å²) < 4.78 is 6.31. The summed E-state index contributed by atoms with van der Waals surface area (Å²) in [7, 11) is 0. The predicted octanol–water partition coefficient (Wildman–Crippen LogP) is 5.91. The predicted molar refractivity (Wildman–Crippen MR) is 107 cm³/mol. The number of nitro benzene ring substituents is 1.